The molecule has 0 saturated carbocycles. The lowest BCUT2D eigenvalue weighted by Gasteiger charge is -2.22. The normalized spacial score (nSPS) is 12.7. The smallest absolute Gasteiger partial charge is 0.267 e. The molecule has 0 spiro atoms. The van der Waals surface area contributed by atoms with Crippen molar-refractivity contribution in [3.05, 3.63) is 47.3 Å². The molecule has 1 unspecified atom stereocenters. The van der Waals surface area contributed by atoms with Crippen molar-refractivity contribution in [1.29, 1.82) is 0 Å². The van der Waals surface area contributed by atoms with E-state index in [1.807, 2.05) is 0 Å². The molecule has 2 rings (SSSR count). The van der Waals surface area contributed by atoms with Crippen molar-refractivity contribution in [3.8, 4) is 11.8 Å². The molecule has 0 bridgehead atoms. The number of hydroxylamine groups is 1. The Labute approximate surface area is 145 Å². The number of aromatic nitrogens is 3. The van der Waals surface area contributed by atoms with Crippen LogP contribution in [0.1, 0.15) is 21.6 Å². The van der Waals surface area contributed by atoms with Gasteiger partial charge >= 0.3 is 0 Å². The Morgan fingerprint density at radius 2 is 1.92 bits per heavy atom. The number of benzene rings is 1. The molecule has 6 N–H and O–H groups in total. The highest BCUT2D eigenvalue weighted by Gasteiger charge is 2.33. The van der Waals surface area contributed by atoms with Crippen molar-refractivity contribution in [2.24, 2.45) is 5.73 Å². The van der Waals surface area contributed by atoms with Crippen LogP contribution in [0.15, 0.2) is 30.5 Å². The Hall–Kier alpha value is -3.36. The highest BCUT2D eigenvalue weighted by atomic mass is 19.3. The molecule has 0 aliphatic heterocycles. The summed E-state index contributed by atoms with van der Waals surface area (Å²) in [4.78, 5) is 23.6. The van der Waals surface area contributed by atoms with Crippen molar-refractivity contribution in [3.63, 3.8) is 0 Å². The van der Waals surface area contributed by atoms with Gasteiger partial charge in [-0.25, -0.2) is 14.3 Å². The number of nitrogens with two attached hydrogens (primary N) is 1. The second-order valence-electron chi connectivity index (χ2n) is 5.03. The first-order valence-corrected chi connectivity index (χ1v) is 7.19. The molecule has 1 heterocycles. The fourth-order valence-corrected chi connectivity index (χ4v) is 1.88. The van der Waals surface area contributed by atoms with E-state index in [4.69, 9.17) is 10.9 Å². The van der Waals surface area contributed by atoms with Crippen LogP contribution in [-0.2, 0) is 4.79 Å². The fourth-order valence-electron chi connectivity index (χ4n) is 1.88. The summed E-state index contributed by atoms with van der Waals surface area (Å²) in [6.07, 6.45) is -1.57. The van der Waals surface area contributed by atoms with E-state index in [-0.39, 0.29) is 5.56 Å². The summed E-state index contributed by atoms with van der Waals surface area (Å²) < 4.78 is 25.4. The Kier molecular flexibility index (Phi) is 6.31. The number of H-pyrrole nitrogens is 1. The molecular formula is C15H14F2N6O3. The zero-order valence-electron chi connectivity index (χ0n) is 13.1. The third-order valence-corrected chi connectivity index (χ3v) is 3.25. The lowest BCUT2D eigenvalue weighted by Crippen LogP contribution is -2.58. The minimum absolute atomic E-state index is 0.0918. The molecule has 1 aromatic carbocycles. The van der Waals surface area contributed by atoms with E-state index >= 15 is 0 Å². The number of carbonyl (C=O) groups excluding carboxylic acids is 2. The van der Waals surface area contributed by atoms with Gasteiger partial charge in [0.25, 0.3) is 18.2 Å². The van der Waals surface area contributed by atoms with Crippen LogP contribution in [0.25, 0.3) is 0 Å². The molecule has 11 heteroatoms. The number of nitrogens with zero attached hydrogens (tertiary/aromatic N) is 2. The van der Waals surface area contributed by atoms with Crippen LogP contribution >= 0.6 is 0 Å². The van der Waals surface area contributed by atoms with Crippen LogP contribution < -0.4 is 16.5 Å². The molecule has 0 aliphatic carbocycles. The van der Waals surface area contributed by atoms with Gasteiger partial charge in [0.15, 0.2) is 5.69 Å². The van der Waals surface area contributed by atoms with Crippen molar-refractivity contribution in [1.82, 2.24) is 26.2 Å². The number of hydrogen-bond acceptors (Lipinski definition) is 6. The molecule has 26 heavy (non-hydrogen) atoms. The summed E-state index contributed by atoms with van der Waals surface area (Å²) in [7, 11) is 0. The maximum absolute atomic E-state index is 12.7. The first-order chi connectivity index (χ1) is 12.4. The number of carbonyl (C=O) groups is 2. The number of alkyl halides is 2. The Bertz CT molecular complexity index is 814. The van der Waals surface area contributed by atoms with E-state index in [1.54, 1.807) is 0 Å². The largest absolute Gasteiger partial charge is 0.339 e. The second-order valence-corrected chi connectivity index (χ2v) is 5.03. The summed E-state index contributed by atoms with van der Waals surface area (Å²) in [5.74, 6) is 3.47. The lowest BCUT2D eigenvalue weighted by molar-refractivity contribution is -0.132. The number of amides is 2. The molecule has 136 valence electrons. The Balaban J connectivity index is 2.09. The second kappa shape index (κ2) is 8.65. The van der Waals surface area contributed by atoms with E-state index in [9.17, 15) is 18.4 Å². The summed E-state index contributed by atoms with van der Waals surface area (Å²) in [5, 5.41) is 20.4. The molecule has 0 saturated heterocycles. The van der Waals surface area contributed by atoms with Crippen LogP contribution in [-0.4, -0.2) is 50.9 Å². The zero-order chi connectivity index (χ0) is 19.1. The number of rotatable bonds is 5. The highest BCUT2D eigenvalue weighted by molar-refractivity contribution is 5.97. The Morgan fingerprint density at radius 1 is 1.23 bits per heavy atom. The van der Waals surface area contributed by atoms with Gasteiger partial charge in [-0.1, -0.05) is 11.1 Å². The average Bonchev–Trinajstić information content (AvgIpc) is 3.17. The quantitative estimate of drug-likeness (QED) is 0.272. The van der Waals surface area contributed by atoms with Gasteiger partial charge in [0, 0.05) is 11.1 Å². The van der Waals surface area contributed by atoms with Gasteiger partial charge < -0.3 is 11.1 Å². The standard InChI is InChI=1S/C15H14F2N6O3/c16-13(17)11(18)12(15(25)22-26)20-14(24)9-4-1-8(2-5-9)3-6-10-7-19-23-21-10/h1-2,4-5,7,11-13,26H,18H2,(H,20,24)(H,22,25)(H,19,21,23)/t11?,12-/m0/s1. The molecule has 2 atom stereocenters. The molecular weight excluding hydrogens is 350 g/mol. The molecule has 1 aromatic heterocycles. The minimum atomic E-state index is -3.08. The van der Waals surface area contributed by atoms with E-state index in [0.29, 0.717) is 11.3 Å². The van der Waals surface area contributed by atoms with E-state index in [2.05, 4.69) is 32.6 Å². The van der Waals surface area contributed by atoms with Crippen molar-refractivity contribution in [2.45, 2.75) is 18.5 Å². The molecule has 2 amide bonds. The van der Waals surface area contributed by atoms with Crippen molar-refractivity contribution < 1.29 is 23.6 Å². The van der Waals surface area contributed by atoms with Gasteiger partial charge in [-0.3, -0.25) is 19.9 Å². The van der Waals surface area contributed by atoms with Crippen LogP contribution in [0, 0.1) is 11.8 Å². The third-order valence-electron chi connectivity index (χ3n) is 3.25. The monoisotopic (exact) mass is 364 g/mol. The topological polar surface area (TPSA) is 146 Å². The van der Waals surface area contributed by atoms with Crippen molar-refractivity contribution >= 4 is 11.8 Å². The van der Waals surface area contributed by atoms with Gasteiger partial charge in [0.05, 0.1) is 12.2 Å². The first-order valence-electron chi connectivity index (χ1n) is 7.19. The zero-order valence-corrected chi connectivity index (χ0v) is 13.1. The van der Waals surface area contributed by atoms with Crippen LogP contribution in [0.2, 0.25) is 0 Å². The van der Waals surface area contributed by atoms with Gasteiger partial charge in [0.1, 0.15) is 6.04 Å². The van der Waals surface area contributed by atoms with Gasteiger partial charge in [-0.2, -0.15) is 0 Å². The summed E-state index contributed by atoms with van der Waals surface area (Å²) in [5.41, 5.74) is 7.50. The van der Waals surface area contributed by atoms with Gasteiger partial charge in [0.2, 0.25) is 0 Å². The van der Waals surface area contributed by atoms with E-state index in [0.717, 1.165) is 0 Å². The SMILES string of the molecule is NC(C(F)F)[C@H](NC(=O)c1ccc(C#Cc2c[nH]nn2)cc1)C(=O)NO. The molecule has 0 radical (unpaired) electrons. The molecule has 9 nitrogen and oxygen atoms in total. The predicted octanol–water partition coefficient (Wildman–Crippen LogP) is -0.599. The van der Waals surface area contributed by atoms with Gasteiger partial charge in [-0.15, -0.1) is 5.10 Å². The number of halogens is 2. The Morgan fingerprint density at radius 3 is 2.46 bits per heavy atom. The van der Waals surface area contributed by atoms with Crippen LogP contribution in [0.3, 0.4) is 0 Å². The molecule has 0 fully saturated rings. The van der Waals surface area contributed by atoms with Gasteiger partial charge in [-0.05, 0) is 30.2 Å². The third kappa shape index (κ3) is 4.82. The maximum Gasteiger partial charge on any atom is 0.267 e. The fraction of sp³-hybridized carbons (Fsp3) is 0.200. The van der Waals surface area contributed by atoms with E-state index in [1.165, 1.54) is 35.9 Å². The van der Waals surface area contributed by atoms with Crippen LogP contribution in [0.5, 0.6) is 0 Å². The summed E-state index contributed by atoms with van der Waals surface area (Å²) in [6.45, 7) is 0. The van der Waals surface area contributed by atoms with Crippen LogP contribution in [0.4, 0.5) is 8.78 Å². The minimum Gasteiger partial charge on any atom is -0.339 e. The summed E-state index contributed by atoms with van der Waals surface area (Å²) >= 11 is 0. The molecule has 0 aliphatic rings. The highest BCUT2D eigenvalue weighted by Crippen LogP contribution is 2.07. The average molecular weight is 364 g/mol. The maximum atomic E-state index is 12.7. The number of aromatic amines is 1. The summed E-state index contributed by atoms with van der Waals surface area (Å²) in [6, 6.07) is 2.04. The predicted molar refractivity (Wildman–Crippen MR) is 84.0 cm³/mol. The lowest BCUT2D eigenvalue weighted by atomic mass is 10.1. The number of nitrogens with one attached hydrogen (secondary N) is 3. The van der Waals surface area contributed by atoms with E-state index < -0.39 is 30.3 Å². The number of hydrogen-bond donors (Lipinski definition) is 5. The molecule has 2 aromatic rings. The first kappa shape index (κ1) is 19.0. The van der Waals surface area contributed by atoms with Crippen molar-refractivity contribution in [2.75, 3.05) is 0 Å².